The molecule has 0 atom stereocenters. The number of nitrogens with one attached hydrogen (secondary N) is 1. The van der Waals surface area contributed by atoms with Gasteiger partial charge in [-0.2, -0.15) is 0 Å². The Balaban J connectivity index is 1.52. The van der Waals surface area contributed by atoms with Crippen molar-refractivity contribution in [2.45, 2.75) is 6.92 Å². The van der Waals surface area contributed by atoms with Gasteiger partial charge in [-0.05, 0) is 42.3 Å². The summed E-state index contributed by atoms with van der Waals surface area (Å²) in [7, 11) is 1.82. The lowest BCUT2D eigenvalue weighted by molar-refractivity contribution is 0.101. The normalized spacial score (nSPS) is 10.6. The van der Waals surface area contributed by atoms with Crippen LogP contribution in [-0.2, 0) is 7.05 Å². The molecule has 28 heavy (non-hydrogen) atoms. The first-order valence-electron chi connectivity index (χ1n) is 9.03. The number of hydrogen-bond donors (Lipinski definition) is 1. The first-order chi connectivity index (χ1) is 13.6. The van der Waals surface area contributed by atoms with E-state index in [9.17, 15) is 4.79 Å². The zero-order chi connectivity index (χ0) is 19.5. The minimum Gasteiger partial charge on any atom is -0.329 e. The van der Waals surface area contributed by atoms with E-state index in [4.69, 9.17) is 0 Å². The second-order valence-electron chi connectivity index (χ2n) is 6.64. The number of amides is 1. The molecule has 2 aromatic carbocycles. The Morgan fingerprint density at radius 3 is 2.39 bits per heavy atom. The van der Waals surface area contributed by atoms with Crippen LogP contribution in [0.25, 0.3) is 22.4 Å². The maximum Gasteiger partial charge on any atom is 0.291 e. The van der Waals surface area contributed by atoms with Gasteiger partial charge in [0.15, 0.2) is 5.82 Å². The van der Waals surface area contributed by atoms with E-state index in [2.05, 4.69) is 15.3 Å². The second kappa shape index (κ2) is 7.48. The lowest BCUT2D eigenvalue weighted by Gasteiger charge is -2.07. The van der Waals surface area contributed by atoms with E-state index < -0.39 is 0 Å². The number of imidazole rings is 1. The zero-order valence-corrected chi connectivity index (χ0v) is 15.8. The van der Waals surface area contributed by atoms with Gasteiger partial charge in [0.05, 0.1) is 5.69 Å². The highest BCUT2D eigenvalue weighted by Crippen LogP contribution is 2.22. The van der Waals surface area contributed by atoms with Crippen LogP contribution in [0.3, 0.4) is 0 Å². The van der Waals surface area contributed by atoms with Crippen molar-refractivity contribution < 1.29 is 4.79 Å². The van der Waals surface area contributed by atoms with Gasteiger partial charge in [0, 0.05) is 36.4 Å². The lowest BCUT2D eigenvalue weighted by atomic mass is 10.1. The molecule has 2 aromatic heterocycles. The fourth-order valence-electron chi connectivity index (χ4n) is 3.08. The van der Waals surface area contributed by atoms with Gasteiger partial charge >= 0.3 is 0 Å². The van der Waals surface area contributed by atoms with E-state index in [1.807, 2.05) is 86.9 Å². The smallest absolute Gasteiger partial charge is 0.291 e. The van der Waals surface area contributed by atoms with Crippen molar-refractivity contribution in [2.75, 3.05) is 5.32 Å². The number of nitrogens with zero attached hydrogens (tertiary/aromatic N) is 3. The molecule has 1 amide bonds. The molecule has 0 aliphatic carbocycles. The molecule has 0 saturated carbocycles. The van der Waals surface area contributed by atoms with Crippen molar-refractivity contribution in [1.29, 1.82) is 0 Å². The Bertz CT molecular complexity index is 1120. The number of pyridine rings is 1. The number of hydrogen-bond acceptors (Lipinski definition) is 3. The number of carbonyl (C=O) groups excluding carboxylic acids is 1. The average molecular weight is 368 g/mol. The van der Waals surface area contributed by atoms with Crippen LogP contribution in [0.5, 0.6) is 0 Å². The highest BCUT2D eigenvalue weighted by Gasteiger charge is 2.15. The maximum absolute atomic E-state index is 12.7. The molecule has 0 fully saturated rings. The summed E-state index contributed by atoms with van der Waals surface area (Å²) in [4.78, 5) is 21.4. The van der Waals surface area contributed by atoms with Crippen LogP contribution in [0.2, 0.25) is 0 Å². The van der Waals surface area contributed by atoms with Crippen LogP contribution in [0, 0.1) is 6.92 Å². The van der Waals surface area contributed by atoms with Gasteiger partial charge in [-0.25, -0.2) is 4.98 Å². The van der Waals surface area contributed by atoms with Gasteiger partial charge in [-0.3, -0.25) is 9.78 Å². The van der Waals surface area contributed by atoms with E-state index in [0.717, 1.165) is 33.8 Å². The van der Waals surface area contributed by atoms with Gasteiger partial charge in [0.25, 0.3) is 5.91 Å². The zero-order valence-electron chi connectivity index (χ0n) is 15.8. The Hall–Kier alpha value is -3.73. The van der Waals surface area contributed by atoms with Gasteiger partial charge in [0.1, 0.15) is 0 Å². The summed E-state index contributed by atoms with van der Waals surface area (Å²) in [5.74, 6) is 0.130. The summed E-state index contributed by atoms with van der Waals surface area (Å²) in [6.07, 6.45) is 3.66. The second-order valence-corrected chi connectivity index (χ2v) is 6.64. The van der Waals surface area contributed by atoms with E-state index in [-0.39, 0.29) is 5.91 Å². The molecule has 0 radical (unpaired) electrons. The Morgan fingerprint density at radius 1 is 0.929 bits per heavy atom. The molecule has 2 heterocycles. The molecular formula is C23H20N4O. The molecule has 0 aliphatic heterocycles. The molecule has 138 valence electrons. The molecule has 0 unspecified atom stereocenters. The number of carbonyl (C=O) groups is 1. The average Bonchev–Trinajstić information content (AvgIpc) is 3.11. The summed E-state index contributed by atoms with van der Waals surface area (Å²) in [5, 5.41) is 2.92. The van der Waals surface area contributed by atoms with Crippen molar-refractivity contribution >= 4 is 11.6 Å². The molecule has 5 heteroatoms. The van der Waals surface area contributed by atoms with Crippen LogP contribution in [-0.4, -0.2) is 20.4 Å². The summed E-state index contributed by atoms with van der Waals surface area (Å²) in [5.41, 5.74) is 5.63. The molecule has 4 aromatic rings. The molecule has 0 spiro atoms. The largest absolute Gasteiger partial charge is 0.329 e. The van der Waals surface area contributed by atoms with Gasteiger partial charge in [-0.1, -0.05) is 42.5 Å². The highest BCUT2D eigenvalue weighted by molar-refractivity contribution is 6.02. The third-order valence-corrected chi connectivity index (χ3v) is 4.52. The Labute approximate surface area is 163 Å². The van der Waals surface area contributed by atoms with Crippen molar-refractivity contribution in [2.24, 2.45) is 7.05 Å². The summed E-state index contributed by atoms with van der Waals surface area (Å²) in [6, 6.07) is 21.6. The van der Waals surface area contributed by atoms with Crippen molar-refractivity contribution in [3.63, 3.8) is 0 Å². The summed E-state index contributed by atoms with van der Waals surface area (Å²) >= 11 is 0. The van der Waals surface area contributed by atoms with Crippen molar-refractivity contribution in [3.05, 3.63) is 90.6 Å². The van der Waals surface area contributed by atoms with E-state index in [1.54, 1.807) is 10.8 Å². The predicted molar refractivity (Wildman–Crippen MR) is 111 cm³/mol. The monoisotopic (exact) mass is 368 g/mol. The molecule has 0 bridgehead atoms. The first-order valence-corrected chi connectivity index (χ1v) is 9.03. The van der Waals surface area contributed by atoms with E-state index in [1.165, 1.54) is 0 Å². The number of benzene rings is 2. The quantitative estimate of drug-likeness (QED) is 0.567. The van der Waals surface area contributed by atoms with Crippen LogP contribution < -0.4 is 5.32 Å². The number of anilines is 1. The minimum absolute atomic E-state index is 0.239. The molecule has 1 N–H and O–H groups in total. The SMILES string of the molecule is Cc1cc(-c2ccc(NC(=O)c3nc(-c4ccccc4)cn3C)cc2)ccn1. The third-order valence-electron chi connectivity index (χ3n) is 4.52. The van der Waals surface area contributed by atoms with Crippen molar-refractivity contribution in [1.82, 2.24) is 14.5 Å². The maximum atomic E-state index is 12.7. The molecule has 0 aliphatic rings. The Kier molecular flexibility index (Phi) is 4.72. The van der Waals surface area contributed by atoms with Crippen molar-refractivity contribution in [3.8, 4) is 22.4 Å². The minimum atomic E-state index is -0.239. The summed E-state index contributed by atoms with van der Waals surface area (Å²) in [6.45, 7) is 1.97. The van der Waals surface area contributed by atoms with E-state index >= 15 is 0 Å². The first kappa shape index (κ1) is 17.7. The third kappa shape index (κ3) is 3.69. The number of aryl methyl sites for hydroxylation is 2. The van der Waals surface area contributed by atoms with E-state index in [0.29, 0.717) is 5.82 Å². The lowest BCUT2D eigenvalue weighted by Crippen LogP contribution is -2.16. The predicted octanol–water partition coefficient (Wildman–Crippen LogP) is 4.71. The Morgan fingerprint density at radius 2 is 1.68 bits per heavy atom. The molecule has 5 nitrogen and oxygen atoms in total. The van der Waals surface area contributed by atoms with Crippen LogP contribution >= 0.6 is 0 Å². The number of aromatic nitrogens is 3. The van der Waals surface area contributed by atoms with Gasteiger partial charge < -0.3 is 9.88 Å². The highest BCUT2D eigenvalue weighted by atomic mass is 16.2. The standard InChI is InChI=1S/C23H20N4O/c1-16-14-19(12-13-24-16)17-8-10-20(11-9-17)25-23(28)22-26-21(15-27(22)2)18-6-4-3-5-7-18/h3-15H,1-2H3,(H,25,28). The van der Waals surface area contributed by atoms with Crippen LogP contribution in [0.4, 0.5) is 5.69 Å². The molecule has 0 saturated heterocycles. The summed E-state index contributed by atoms with van der Waals surface area (Å²) < 4.78 is 1.74. The molecular weight excluding hydrogens is 348 g/mol. The topological polar surface area (TPSA) is 59.8 Å². The molecule has 4 rings (SSSR count). The fourth-order valence-corrected chi connectivity index (χ4v) is 3.08. The number of rotatable bonds is 4. The fraction of sp³-hybridized carbons (Fsp3) is 0.0870. The van der Waals surface area contributed by atoms with Gasteiger partial charge in [0.2, 0.25) is 0 Å². The van der Waals surface area contributed by atoms with Crippen LogP contribution in [0.1, 0.15) is 16.3 Å². The van der Waals surface area contributed by atoms with Gasteiger partial charge in [-0.15, -0.1) is 0 Å². The van der Waals surface area contributed by atoms with Crippen LogP contribution in [0.15, 0.2) is 79.1 Å².